The summed E-state index contributed by atoms with van der Waals surface area (Å²) in [6.45, 7) is 6.51. The van der Waals surface area contributed by atoms with E-state index in [1.165, 1.54) is 16.5 Å². The monoisotopic (exact) mass is 756 g/mol. The lowest BCUT2D eigenvalue weighted by molar-refractivity contribution is -0.144. The maximum Gasteiger partial charge on any atom is 0.336 e. The van der Waals surface area contributed by atoms with Crippen LogP contribution < -0.4 is 11.1 Å². The Morgan fingerprint density at radius 3 is 2.38 bits per heavy atom. The van der Waals surface area contributed by atoms with Gasteiger partial charge in [-0.2, -0.15) is 0 Å². The highest BCUT2D eigenvalue weighted by atomic mass is 35.5. The number of ether oxygens (including phenoxy) is 1. The van der Waals surface area contributed by atoms with Crippen molar-refractivity contribution in [3.8, 4) is 16.8 Å². The number of unbranched alkanes of at least 4 members (excludes halogenated alkanes) is 6. The number of nitrogens with two attached hydrogens (primary N) is 1. The fourth-order valence-corrected chi connectivity index (χ4v) is 7.61. The summed E-state index contributed by atoms with van der Waals surface area (Å²) < 4.78 is 7.77. The van der Waals surface area contributed by atoms with Gasteiger partial charge >= 0.3 is 11.9 Å². The van der Waals surface area contributed by atoms with Crippen LogP contribution in [0.25, 0.3) is 5.00 Å². The molecule has 0 spiro atoms. The molecular weight excluding hydrogens is 712 g/mol. The van der Waals surface area contributed by atoms with Crippen molar-refractivity contribution in [2.45, 2.75) is 91.0 Å². The minimum absolute atomic E-state index is 0.0656. The van der Waals surface area contributed by atoms with Crippen LogP contribution in [0.5, 0.6) is 0 Å². The van der Waals surface area contributed by atoms with Crippen LogP contribution in [0, 0.1) is 32.6 Å². The van der Waals surface area contributed by atoms with Crippen molar-refractivity contribution in [3.63, 3.8) is 0 Å². The summed E-state index contributed by atoms with van der Waals surface area (Å²) in [5.74, 6) is 5.49. The number of aryl methyl sites for hydroxylation is 2. The van der Waals surface area contributed by atoms with Crippen LogP contribution in [-0.2, 0) is 14.3 Å². The zero-order chi connectivity index (χ0) is 37.9. The number of fused-ring (bicyclic) bond motifs is 3. The Bertz CT molecular complexity index is 2040. The number of amides is 1. The smallest absolute Gasteiger partial charge is 0.336 e. The molecule has 53 heavy (non-hydrogen) atoms. The number of halogens is 1. The van der Waals surface area contributed by atoms with E-state index in [4.69, 9.17) is 27.1 Å². The molecule has 0 saturated heterocycles. The first kappa shape index (κ1) is 39.4. The number of carbonyl (C=O) groups excluding carboxylic acids is 2. The van der Waals surface area contributed by atoms with Crippen molar-refractivity contribution in [2.24, 2.45) is 10.7 Å². The van der Waals surface area contributed by atoms with Crippen LogP contribution in [-0.4, -0.2) is 56.6 Å². The molecule has 1 aliphatic rings. The van der Waals surface area contributed by atoms with E-state index in [0.29, 0.717) is 35.5 Å². The first-order valence-electron chi connectivity index (χ1n) is 18.0. The number of thiophene rings is 1. The normalized spacial score (nSPS) is 13.2. The highest BCUT2D eigenvalue weighted by Crippen LogP contribution is 2.39. The van der Waals surface area contributed by atoms with Gasteiger partial charge in [-0.1, -0.05) is 67.7 Å². The van der Waals surface area contributed by atoms with E-state index in [2.05, 4.69) is 45.8 Å². The fourth-order valence-electron chi connectivity index (χ4n) is 6.27. The highest BCUT2D eigenvalue weighted by molar-refractivity contribution is 7.15. The number of nitrogens with one attached hydrogen (secondary N) is 1. The van der Waals surface area contributed by atoms with Gasteiger partial charge in [0.1, 0.15) is 16.9 Å². The molecule has 4 aromatic rings. The molecule has 0 radical (unpaired) electrons. The molecule has 5 rings (SSSR count). The SMILES string of the molecule is Cc1sc2c(c1C)C(c1ccc(Cl)cc1)=N[C@@H](CCOC(=O)CCCCCCCCCC(=O)Nc1ccc(C(=O)O)c(C#CCN)c1)c1nnc(C)n1-2. The summed E-state index contributed by atoms with van der Waals surface area (Å²) in [5.41, 5.74) is 10.4. The second-order valence-corrected chi connectivity index (χ2v) is 14.6. The van der Waals surface area contributed by atoms with E-state index in [-0.39, 0.29) is 36.6 Å². The third kappa shape index (κ3) is 10.2. The predicted octanol–water partition coefficient (Wildman–Crippen LogP) is 7.89. The minimum atomic E-state index is -1.09. The molecule has 3 heterocycles. The average molecular weight is 757 g/mol. The molecule has 2 aromatic heterocycles. The average Bonchev–Trinajstić information content (AvgIpc) is 3.61. The van der Waals surface area contributed by atoms with Gasteiger partial charge in [-0.3, -0.25) is 19.1 Å². The van der Waals surface area contributed by atoms with Crippen LogP contribution >= 0.6 is 22.9 Å². The Kier molecular flexibility index (Phi) is 14.0. The number of benzene rings is 2. The van der Waals surface area contributed by atoms with Crippen LogP contribution in [0.4, 0.5) is 5.69 Å². The van der Waals surface area contributed by atoms with Crippen LogP contribution in [0.1, 0.15) is 119 Å². The number of esters is 1. The Morgan fingerprint density at radius 2 is 1.68 bits per heavy atom. The predicted molar refractivity (Wildman–Crippen MR) is 208 cm³/mol. The lowest BCUT2D eigenvalue weighted by Crippen LogP contribution is -2.12. The molecule has 278 valence electrons. The van der Waals surface area contributed by atoms with E-state index < -0.39 is 5.97 Å². The van der Waals surface area contributed by atoms with E-state index in [0.717, 1.165) is 78.4 Å². The number of anilines is 1. The summed E-state index contributed by atoms with van der Waals surface area (Å²) in [6.07, 6.45) is 7.60. The van der Waals surface area contributed by atoms with E-state index in [9.17, 15) is 19.5 Å². The Morgan fingerprint density at radius 1 is 0.981 bits per heavy atom. The maximum absolute atomic E-state index is 12.6. The second-order valence-electron chi connectivity index (χ2n) is 13.0. The second kappa shape index (κ2) is 18.8. The first-order valence-corrected chi connectivity index (χ1v) is 19.1. The van der Waals surface area contributed by atoms with Gasteiger partial charge in [0.05, 0.1) is 24.4 Å². The molecule has 0 fully saturated rings. The Labute approximate surface area is 319 Å². The van der Waals surface area contributed by atoms with Crippen molar-refractivity contribution < 1.29 is 24.2 Å². The number of carbonyl (C=O) groups is 3. The number of nitrogens with zero attached hydrogens (tertiary/aromatic N) is 4. The third-order valence-corrected chi connectivity index (χ3v) is 10.6. The molecule has 0 aliphatic carbocycles. The molecule has 0 bridgehead atoms. The minimum Gasteiger partial charge on any atom is -0.478 e. The summed E-state index contributed by atoms with van der Waals surface area (Å²) >= 11 is 7.92. The van der Waals surface area contributed by atoms with Crippen LogP contribution in [0.15, 0.2) is 47.5 Å². The van der Waals surface area contributed by atoms with E-state index in [1.807, 2.05) is 31.2 Å². The number of carboxylic acid groups (broad SMARTS) is 1. The summed E-state index contributed by atoms with van der Waals surface area (Å²) in [4.78, 5) is 42.9. The van der Waals surface area contributed by atoms with Crippen molar-refractivity contribution in [2.75, 3.05) is 18.5 Å². The molecule has 1 atom stereocenters. The van der Waals surface area contributed by atoms with Crippen molar-refractivity contribution in [1.82, 2.24) is 14.8 Å². The molecule has 1 amide bonds. The Balaban J connectivity index is 1.02. The van der Waals surface area contributed by atoms with Gasteiger partial charge in [0.2, 0.25) is 5.91 Å². The molecule has 0 saturated carbocycles. The summed E-state index contributed by atoms with van der Waals surface area (Å²) in [5, 5.41) is 22.8. The van der Waals surface area contributed by atoms with Gasteiger partial charge in [0.25, 0.3) is 0 Å². The first-order chi connectivity index (χ1) is 25.6. The van der Waals surface area contributed by atoms with E-state index in [1.54, 1.807) is 23.5 Å². The quantitative estimate of drug-likeness (QED) is 0.0591. The standard InChI is InChI=1S/C40H45ClN6O5S/c1-25-26(2)53-39-36(25)37(28-15-17-30(41)18-16-28)44-33(38-46-45-27(3)47(38)39)21-23-52-35(49)14-10-8-6-4-5-7-9-13-34(48)43-31-19-20-32(40(50)51)29(24-31)12-11-22-42/h15-20,24,33H,4-10,13-14,21-23,42H2,1-3H3,(H,43,48)(H,50,51)/t33-/m0/s1. The number of hydrogen-bond acceptors (Lipinski definition) is 9. The van der Waals surface area contributed by atoms with Gasteiger partial charge in [0, 0.05) is 51.5 Å². The molecule has 0 unspecified atom stereocenters. The Hall–Kier alpha value is -4.83. The zero-order valence-corrected chi connectivity index (χ0v) is 31.9. The van der Waals surface area contributed by atoms with Gasteiger partial charge < -0.3 is 20.9 Å². The van der Waals surface area contributed by atoms with Crippen LogP contribution in [0.2, 0.25) is 5.02 Å². The van der Waals surface area contributed by atoms with Gasteiger partial charge in [-0.25, -0.2) is 4.79 Å². The molecule has 4 N–H and O–H groups in total. The maximum atomic E-state index is 12.6. The zero-order valence-electron chi connectivity index (χ0n) is 30.3. The van der Waals surface area contributed by atoms with Gasteiger partial charge in [-0.15, -0.1) is 21.5 Å². The van der Waals surface area contributed by atoms with Gasteiger partial charge in [-0.05, 0) is 69.5 Å². The lowest BCUT2D eigenvalue weighted by Gasteiger charge is -2.13. The number of carboxylic acids is 1. The summed E-state index contributed by atoms with van der Waals surface area (Å²) in [6, 6.07) is 11.9. The molecule has 2 aromatic carbocycles. The number of hydrogen-bond donors (Lipinski definition) is 3. The summed E-state index contributed by atoms with van der Waals surface area (Å²) in [7, 11) is 0. The topological polar surface area (TPSA) is 162 Å². The number of aromatic nitrogens is 3. The molecule has 13 heteroatoms. The molecular formula is C40H45ClN6O5S. The number of aliphatic imine (C=N–C) groups is 1. The van der Waals surface area contributed by atoms with Crippen molar-refractivity contribution in [3.05, 3.63) is 91.8 Å². The fraction of sp³-hybridized carbons (Fsp3) is 0.400. The number of rotatable bonds is 16. The number of aromatic carboxylic acids is 1. The largest absolute Gasteiger partial charge is 0.478 e. The molecule has 1 aliphatic heterocycles. The van der Waals surface area contributed by atoms with E-state index >= 15 is 0 Å². The highest BCUT2D eigenvalue weighted by Gasteiger charge is 2.31. The lowest BCUT2D eigenvalue weighted by atomic mass is 9.99. The van der Waals surface area contributed by atoms with Crippen molar-refractivity contribution in [1.29, 1.82) is 0 Å². The third-order valence-electron chi connectivity index (χ3n) is 9.16. The molecule has 11 nitrogen and oxygen atoms in total. The van der Waals surface area contributed by atoms with Gasteiger partial charge in [0.15, 0.2) is 5.82 Å². The van der Waals surface area contributed by atoms with Crippen LogP contribution in [0.3, 0.4) is 0 Å². The van der Waals surface area contributed by atoms with Crippen molar-refractivity contribution >= 4 is 52.2 Å².